The van der Waals surface area contributed by atoms with Crippen LogP contribution in [0.5, 0.6) is 0 Å². The first-order chi connectivity index (χ1) is 12.9. The maximum absolute atomic E-state index is 12.9. The molecule has 148 valence electrons. The zero-order valence-corrected chi connectivity index (χ0v) is 16.9. The Kier molecular flexibility index (Phi) is 5.13. The molecule has 27 heavy (non-hydrogen) atoms. The van der Waals surface area contributed by atoms with Crippen molar-refractivity contribution in [2.24, 2.45) is 5.41 Å². The highest BCUT2D eigenvalue weighted by Gasteiger charge is 2.51. The van der Waals surface area contributed by atoms with E-state index in [9.17, 15) is 18.0 Å². The molecule has 0 bridgehead atoms. The van der Waals surface area contributed by atoms with Crippen molar-refractivity contribution in [3.63, 3.8) is 0 Å². The fraction of sp³-hybridized carbons (Fsp3) is 0.667. The van der Waals surface area contributed by atoms with Crippen LogP contribution in [0.1, 0.15) is 38.5 Å². The molecule has 0 N–H and O–H groups in total. The Morgan fingerprint density at radius 1 is 1.04 bits per heavy atom. The van der Waals surface area contributed by atoms with Gasteiger partial charge in [0.2, 0.25) is 11.8 Å². The van der Waals surface area contributed by atoms with Crippen molar-refractivity contribution < 1.29 is 18.0 Å². The van der Waals surface area contributed by atoms with Gasteiger partial charge in [0.25, 0.3) is 10.0 Å². The molecule has 1 saturated carbocycles. The number of amides is 2. The Bertz CT molecular complexity index is 808. The number of carbonyl (C=O) groups excluding carboxylic acids is 2. The van der Waals surface area contributed by atoms with E-state index in [0.29, 0.717) is 36.8 Å². The SMILES string of the molecule is O=C1CC2(CCCCC2)C(=O)N1CN1CCN(S(=O)(=O)c2cccs2)CC1. The van der Waals surface area contributed by atoms with Crippen molar-refractivity contribution in [3.8, 4) is 0 Å². The summed E-state index contributed by atoms with van der Waals surface area (Å²) in [6.07, 6.45) is 5.17. The van der Waals surface area contributed by atoms with E-state index in [1.165, 1.54) is 20.5 Å². The van der Waals surface area contributed by atoms with E-state index < -0.39 is 15.4 Å². The van der Waals surface area contributed by atoms with Gasteiger partial charge < -0.3 is 0 Å². The lowest BCUT2D eigenvalue weighted by molar-refractivity contribution is -0.145. The minimum atomic E-state index is -3.44. The van der Waals surface area contributed by atoms with Gasteiger partial charge in [0.05, 0.1) is 12.1 Å². The summed E-state index contributed by atoms with van der Waals surface area (Å²) in [4.78, 5) is 28.8. The van der Waals surface area contributed by atoms with E-state index in [-0.39, 0.29) is 18.5 Å². The van der Waals surface area contributed by atoms with Crippen LogP contribution in [0.4, 0.5) is 0 Å². The lowest BCUT2D eigenvalue weighted by atomic mass is 9.73. The maximum atomic E-state index is 12.9. The predicted molar refractivity (Wildman–Crippen MR) is 102 cm³/mol. The Morgan fingerprint density at radius 3 is 2.37 bits per heavy atom. The van der Waals surface area contributed by atoms with Crippen LogP contribution in [0.15, 0.2) is 21.7 Å². The maximum Gasteiger partial charge on any atom is 0.252 e. The Hall–Kier alpha value is -1.29. The molecule has 0 unspecified atom stereocenters. The molecule has 1 spiro atoms. The molecule has 7 nitrogen and oxygen atoms in total. The van der Waals surface area contributed by atoms with Gasteiger partial charge in [0.15, 0.2) is 0 Å². The summed E-state index contributed by atoms with van der Waals surface area (Å²) in [5.41, 5.74) is -0.459. The second kappa shape index (κ2) is 7.27. The number of sulfonamides is 1. The molecular weight excluding hydrogens is 386 g/mol. The summed E-state index contributed by atoms with van der Waals surface area (Å²) in [7, 11) is -3.44. The summed E-state index contributed by atoms with van der Waals surface area (Å²) in [5.74, 6) is -0.0867. The topological polar surface area (TPSA) is 78.0 Å². The van der Waals surface area contributed by atoms with Crippen molar-refractivity contribution in [2.75, 3.05) is 32.8 Å². The number of piperazine rings is 1. The van der Waals surface area contributed by atoms with Crippen LogP contribution in [0, 0.1) is 5.41 Å². The molecule has 9 heteroatoms. The first-order valence-corrected chi connectivity index (χ1v) is 11.9. The molecule has 4 rings (SSSR count). The Balaban J connectivity index is 1.37. The molecule has 3 fully saturated rings. The van der Waals surface area contributed by atoms with Gasteiger partial charge in [-0.3, -0.25) is 19.4 Å². The van der Waals surface area contributed by atoms with E-state index in [1.54, 1.807) is 17.5 Å². The van der Waals surface area contributed by atoms with E-state index in [4.69, 9.17) is 0 Å². The number of hydrogen-bond donors (Lipinski definition) is 0. The monoisotopic (exact) mass is 411 g/mol. The van der Waals surface area contributed by atoms with E-state index in [2.05, 4.69) is 0 Å². The molecule has 1 aliphatic carbocycles. The van der Waals surface area contributed by atoms with Crippen LogP contribution in [0.3, 0.4) is 0 Å². The van der Waals surface area contributed by atoms with Gasteiger partial charge >= 0.3 is 0 Å². The number of likely N-dealkylation sites (tertiary alicyclic amines) is 1. The lowest BCUT2D eigenvalue weighted by Gasteiger charge is -2.36. The van der Waals surface area contributed by atoms with Crippen LogP contribution >= 0.6 is 11.3 Å². The quantitative estimate of drug-likeness (QED) is 0.705. The molecule has 2 saturated heterocycles. The minimum Gasteiger partial charge on any atom is -0.283 e. The standard InChI is InChI=1S/C18H25N3O4S2/c22-15-13-18(6-2-1-3-7-18)17(23)21(15)14-19-8-10-20(11-9-19)27(24,25)16-5-4-12-26-16/h4-5,12H,1-3,6-11,13-14H2. The van der Waals surface area contributed by atoms with Crippen LogP contribution in [-0.2, 0) is 19.6 Å². The molecule has 3 aliphatic rings. The third-order valence-electron chi connectivity index (χ3n) is 6.06. The molecular formula is C18H25N3O4S2. The molecule has 2 aliphatic heterocycles. The van der Waals surface area contributed by atoms with Crippen LogP contribution < -0.4 is 0 Å². The Morgan fingerprint density at radius 2 is 1.74 bits per heavy atom. The summed E-state index contributed by atoms with van der Waals surface area (Å²) in [5, 5.41) is 1.76. The van der Waals surface area contributed by atoms with Crippen LogP contribution in [0.2, 0.25) is 0 Å². The van der Waals surface area contributed by atoms with Gasteiger partial charge in [-0.2, -0.15) is 4.31 Å². The van der Waals surface area contributed by atoms with E-state index >= 15 is 0 Å². The fourth-order valence-corrected chi connectivity index (χ4v) is 7.04. The second-order valence-electron chi connectivity index (χ2n) is 7.74. The van der Waals surface area contributed by atoms with E-state index in [0.717, 1.165) is 32.1 Å². The molecule has 0 atom stereocenters. The number of hydrogen-bond acceptors (Lipinski definition) is 6. The average molecular weight is 412 g/mol. The minimum absolute atomic E-state index is 0.0131. The van der Waals surface area contributed by atoms with Gasteiger partial charge in [-0.15, -0.1) is 11.3 Å². The van der Waals surface area contributed by atoms with Gasteiger partial charge in [0.1, 0.15) is 4.21 Å². The Labute approximate surface area is 164 Å². The normalized spacial score (nSPS) is 24.8. The summed E-state index contributed by atoms with van der Waals surface area (Å²) in [6, 6.07) is 3.36. The van der Waals surface area contributed by atoms with Gasteiger partial charge in [-0.1, -0.05) is 25.3 Å². The largest absolute Gasteiger partial charge is 0.283 e. The number of rotatable bonds is 4. The average Bonchev–Trinajstić information content (AvgIpc) is 3.28. The van der Waals surface area contributed by atoms with Gasteiger partial charge in [-0.05, 0) is 24.3 Å². The van der Waals surface area contributed by atoms with Gasteiger partial charge in [-0.25, -0.2) is 8.42 Å². The predicted octanol–water partition coefficient (Wildman–Crippen LogP) is 1.72. The molecule has 0 aromatic carbocycles. The van der Waals surface area contributed by atoms with Crippen molar-refractivity contribution in [2.45, 2.75) is 42.7 Å². The molecule has 0 radical (unpaired) electrons. The first-order valence-electron chi connectivity index (χ1n) is 9.53. The molecule has 3 heterocycles. The second-order valence-corrected chi connectivity index (χ2v) is 10.9. The third kappa shape index (κ3) is 3.46. The highest BCUT2D eigenvalue weighted by atomic mass is 32.2. The molecule has 1 aromatic rings. The smallest absolute Gasteiger partial charge is 0.252 e. The van der Waals surface area contributed by atoms with Crippen LogP contribution in [-0.4, -0.2) is 67.2 Å². The van der Waals surface area contributed by atoms with Gasteiger partial charge in [0, 0.05) is 32.6 Å². The lowest BCUT2D eigenvalue weighted by Crippen LogP contribution is -2.52. The summed E-state index contributed by atoms with van der Waals surface area (Å²) in [6.45, 7) is 2.08. The van der Waals surface area contributed by atoms with Crippen molar-refractivity contribution in [3.05, 3.63) is 17.5 Å². The summed E-state index contributed by atoms with van der Waals surface area (Å²) >= 11 is 1.22. The van der Waals surface area contributed by atoms with Crippen molar-refractivity contribution in [1.29, 1.82) is 0 Å². The fourth-order valence-electron chi connectivity index (χ4n) is 4.47. The van der Waals surface area contributed by atoms with Crippen molar-refractivity contribution in [1.82, 2.24) is 14.1 Å². The zero-order valence-electron chi connectivity index (χ0n) is 15.3. The number of carbonyl (C=O) groups is 2. The summed E-state index contributed by atoms with van der Waals surface area (Å²) < 4.78 is 27.1. The van der Waals surface area contributed by atoms with Crippen molar-refractivity contribution >= 4 is 33.2 Å². The van der Waals surface area contributed by atoms with Crippen LogP contribution in [0.25, 0.3) is 0 Å². The molecule has 2 amide bonds. The first kappa shape index (κ1) is 19.0. The highest BCUT2D eigenvalue weighted by molar-refractivity contribution is 7.91. The number of nitrogens with zero attached hydrogens (tertiary/aromatic N) is 3. The van der Waals surface area contributed by atoms with E-state index in [1.807, 2.05) is 4.90 Å². The molecule has 1 aromatic heterocycles. The third-order valence-corrected chi connectivity index (χ3v) is 9.33. The zero-order chi connectivity index (χ0) is 19.1. The number of thiophene rings is 1. The highest BCUT2D eigenvalue weighted by Crippen LogP contribution is 2.45. The number of imide groups is 1.